The monoisotopic (exact) mass is 224 g/mol. The summed E-state index contributed by atoms with van der Waals surface area (Å²) in [5.74, 6) is 1.98. The Morgan fingerprint density at radius 2 is 2.31 bits per heavy atom. The van der Waals surface area contributed by atoms with Crippen LogP contribution in [0.1, 0.15) is 19.3 Å². The predicted molar refractivity (Wildman–Crippen MR) is 64.2 cm³/mol. The number of nitrogens with zero attached hydrogens (tertiary/aromatic N) is 1. The lowest BCUT2D eigenvalue weighted by Crippen LogP contribution is -2.50. The van der Waals surface area contributed by atoms with E-state index in [2.05, 4.69) is 15.6 Å². The molecule has 1 heterocycles. The van der Waals surface area contributed by atoms with E-state index in [0.29, 0.717) is 18.9 Å². The summed E-state index contributed by atoms with van der Waals surface area (Å²) in [6.07, 6.45) is 5.06. The molecule has 1 saturated carbocycles. The molecule has 1 aliphatic heterocycles. The molecule has 2 aliphatic rings. The van der Waals surface area contributed by atoms with Crippen LogP contribution in [-0.4, -0.2) is 24.7 Å². The minimum Gasteiger partial charge on any atom is -0.371 e. The minimum absolute atomic E-state index is 0.344. The van der Waals surface area contributed by atoms with Crippen LogP contribution in [0.25, 0.3) is 0 Å². The van der Waals surface area contributed by atoms with Gasteiger partial charge in [-0.3, -0.25) is 0 Å². The Hall–Kier alpha value is -1.27. The smallest absolute Gasteiger partial charge is 0.196 e. The fraction of sp³-hybridized carbons (Fsp3) is 0.700. The molecule has 1 atom stereocenters. The van der Waals surface area contributed by atoms with E-state index in [1.807, 2.05) is 6.08 Å². The van der Waals surface area contributed by atoms with E-state index < -0.39 is 5.66 Å². The van der Waals surface area contributed by atoms with Crippen molar-refractivity contribution in [2.75, 3.05) is 13.1 Å². The van der Waals surface area contributed by atoms with Gasteiger partial charge in [-0.25, -0.2) is 4.99 Å². The predicted octanol–water partition coefficient (Wildman–Crippen LogP) is -1.25. The Balaban J connectivity index is 1.97. The zero-order chi connectivity index (χ0) is 11.6. The van der Waals surface area contributed by atoms with Crippen molar-refractivity contribution in [1.29, 1.82) is 0 Å². The number of nitrogens with one attached hydrogen (secondary N) is 2. The molecular formula is C10H20N6. The average molecular weight is 224 g/mol. The highest BCUT2D eigenvalue weighted by Gasteiger charge is 2.27. The number of hydrogen-bond acceptors (Lipinski definition) is 6. The zero-order valence-electron chi connectivity index (χ0n) is 9.37. The summed E-state index contributed by atoms with van der Waals surface area (Å²) in [7, 11) is 0. The van der Waals surface area contributed by atoms with Crippen molar-refractivity contribution >= 4 is 5.96 Å². The summed E-state index contributed by atoms with van der Waals surface area (Å²) in [5.41, 5.74) is 16.5. The number of nitrogens with two attached hydrogens (primary N) is 3. The molecule has 2 rings (SSSR count). The molecule has 1 aliphatic carbocycles. The lowest BCUT2D eigenvalue weighted by molar-refractivity contribution is 0.493. The molecule has 0 radical (unpaired) electrons. The molecule has 0 saturated heterocycles. The van der Waals surface area contributed by atoms with E-state index in [9.17, 15) is 0 Å². The first-order valence-corrected chi connectivity index (χ1v) is 5.69. The van der Waals surface area contributed by atoms with Gasteiger partial charge in [-0.05, 0) is 31.4 Å². The van der Waals surface area contributed by atoms with E-state index in [4.69, 9.17) is 17.2 Å². The van der Waals surface area contributed by atoms with Crippen LogP contribution in [0.4, 0.5) is 0 Å². The van der Waals surface area contributed by atoms with Crippen molar-refractivity contribution in [3.63, 3.8) is 0 Å². The fourth-order valence-electron chi connectivity index (χ4n) is 1.74. The Morgan fingerprint density at radius 3 is 2.94 bits per heavy atom. The molecule has 0 spiro atoms. The van der Waals surface area contributed by atoms with Crippen LogP contribution in [0.15, 0.2) is 16.9 Å². The maximum atomic E-state index is 6.07. The van der Waals surface area contributed by atoms with Gasteiger partial charge in [0.15, 0.2) is 5.96 Å². The van der Waals surface area contributed by atoms with Gasteiger partial charge in [0.1, 0.15) is 11.5 Å². The molecule has 0 aromatic heterocycles. The Kier molecular flexibility index (Phi) is 3.02. The molecule has 0 bridgehead atoms. The normalized spacial score (nSPS) is 29.1. The molecule has 0 aromatic rings. The molecule has 90 valence electrons. The van der Waals surface area contributed by atoms with Gasteiger partial charge in [0.2, 0.25) is 0 Å². The molecule has 6 nitrogen and oxygen atoms in total. The molecule has 8 N–H and O–H groups in total. The number of guanidine groups is 1. The molecule has 1 unspecified atom stereocenters. The van der Waals surface area contributed by atoms with Crippen molar-refractivity contribution in [2.24, 2.45) is 28.1 Å². The first-order chi connectivity index (χ1) is 7.61. The lowest BCUT2D eigenvalue weighted by Gasteiger charge is -2.28. The quantitative estimate of drug-likeness (QED) is 0.400. The number of hydrogen-bond donors (Lipinski definition) is 5. The molecule has 0 aromatic carbocycles. The summed E-state index contributed by atoms with van der Waals surface area (Å²) < 4.78 is 0. The second kappa shape index (κ2) is 4.31. The highest BCUT2D eigenvalue weighted by molar-refractivity contribution is 5.81. The van der Waals surface area contributed by atoms with Gasteiger partial charge in [-0.1, -0.05) is 0 Å². The lowest BCUT2D eigenvalue weighted by atomic mass is 10.1. The fourth-order valence-corrected chi connectivity index (χ4v) is 1.74. The maximum absolute atomic E-state index is 6.07. The molecule has 0 amide bonds. The molecule has 6 heteroatoms. The maximum Gasteiger partial charge on any atom is 0.196 e. The SMILES string of the molecule is NCCC1(N)C=C(NCC2CC2)NC(N)=N1. The van der Waals surface area contributed by atoms with E-state index in [1.165, 1.54) is 12.8 Å². The Labute approximate surface area is 95.3 Å². The van der Waals surface area contributed by atoms with Crippen molar-refractivity contribution in [2.45, 2.75) is 24.9 Å². The second-order valence-corrected chi connectivity index (χ2v) is 4.53. The summed E-state index contributed by atoms with van der Waals surface area (Å²) in [6, 6.07) is 0. The van der Waals surface area contributed by atoms with Crippen LogP contribution in [0.2, 0.25) is 0 Å². The zero-order valence-corrected chi connectivity index (χ0v) is 9.37. The average Bonchev–Trinajstić information content (AvgIpc) is 2.96. The highest BCUT2D eigenvalue weighted by atomic mass is 15.2. The van der Waals surface area contributed by atoms with Crippen LogP contribution in [0, 0.1) is 5.92 Å². The van der Waals surface area contributed by atoms with E-state index >= 15 is 0 Å². The minimum atomic E-state index is -0.768. The van der Waals surface area contributed by atoms with Gasteiger partial charge >= 0.3 is 0 Å². The molecule has 1 fully saturated rings. The summed E-state index contributed by atoms with van der Waals surface area (Å²) in [6.45, 7) is 1.45. The molecular weight excluding hydrogens is 204 g/mol. The third-order valence-corrected chi connectivity index (χ3v) is 2.81. The van der Waals surface area contributed by atoms with Gasteiger partial charge < -0.3 is 27.8 Å². The Bertz CT molecular complexity index is 319. The third-order valence-electron chi connectivity index (χ3n) is 2.81. The molecule has 16 heavy (non-hydrogen) atoms. The topological polar surface area (TPSA) is 114 Å². The Morgan fingerprint density at radius 1 is 1.56 bits per heavy atom. The van der Waals surface area contributed by atoms with Gasteiger partial charge in [-0.2, -0.15) is 0 Å². The van der Waals surface area contributed by atoms with Gasteiger partial charge in [0, 0.05) is 13.0 Å². The van der Waals surface area contributed by atoms with Gasteiger partial charge in [0.25, 0.3) is 0 Å². The summed E-state index contributed by atoms with van der Waals surface area (Å²) >= 11 is 0. The first kappa shape index (κ1) is 11.2. The van der Waals surface area contributed by atoms with Crippen LogP contribution < -0.4 is 27.8 Å². The number of aliphatic imine (C=N–C) groups is 1. The van der Waals surface area contributed by atoms with Crippen LogP contribution in [-0.2, 0) is 0 Å². The van der Waals surface area contributed by atoms with E-state index in [1.54, 1.807) is 0 Å². The van der Waals surface area contributed by atoms with Crippen molar-refractivity contribution in [1.82, 2.24) is 10.6 Å². The summed E-state index contributed by atoms with van der Waals surface area (Å²) in [5, 5.41) is 6.27. The largest absolute Gasteiger partial charge is 0.371 e. The van der Waals surface area contributed by atoms with Gasteiger partial charge in [0.05, 0.1) is 0 Å². The highest BCUT2D eigenvalue weighted by Crippen LogP contribution is 2.28. The number of rotatable bonds is 5. The standard InChI is InChI=1S/C10H20N6/c11-4-3-10(13)5-8(15-9(12)16-10)14-6-7-1-2-7/h5,7,14H,1-4,6,11,13H2,(H3,12,15,16). The van der Waals surface area contributed by atoms with Crippen LogP contribution >= 0.6 is 0 Å². The van der Waals surface area contributed by atoms with Crippen LogP contribution in [0.5, 0.6) is 0 Å². The van der Waals surface area contributed by atoms with E-state index in [-0.39, 0.29) is 0 Å². The van der Waals surface area contributed by atoms with Gasteiger partial charge in [-0.15, -0.1) is 0 Å². The summed E-state index contributed by atoms with van der Waals surface area (Å²) in [4.78, 5) is 4.16. The van der Waals surface area contributed by atoms with Crippen molar-refractivity contribution in [3.05, 3.63) is 11.9 Å². The first-order valence-electron chi connectivity index (χ1n) is 5.69. The second-order valence-electron chi connectivity index (χ2n) is 4.53. The van der Waals surface area contributed by atoms with Crippen molar-refractivity contribution < 1.29 is 0 Å². The third kappa shape index (κ3) is 2.86. The van der Waals surface area contributed by atoms with Crippen LogP contribution in [0.3, 0.4) is 0 Å². The van der Waals surface area contributed by atoms with Crippen molar-refractivity contribution in [3.8, 4) is 0 Å². The van der Waals surface area contributed by atoms with E-state index in [0.717, 1.165) is 18.3 Å².